The van der Waals surface area contributed by atoms with Crippen LogP contribution in [0, 0.1) is 17.0 Å². The number of nitro benzene ring substituents is 1. The van der Waals surface area contributed by atoms with Gasteiger partial charge in [-0.2, -0.15) is 0 Å². The number of rotatable bonds is 5. The normalized spacial score (nSPS) is 14.6. The number of hydrogen-bond donors (Lipinski definition) is 0. The highest BCUT2D eigenvalue weighted by molar-refractivity contribution is 6.30. The molecule has 1 heterocycles. The van der Waals surface area contributed by atoms with Crippen LogP contribution in [0.2, 0.25) is 5.02 Å². The van der Waals surface area contributed by atoms with Crippen molar-refractivity contribution in [3.63, 3.8) is 0 Å². The summed E-state index contributed by atoms with van der Waals surface area (Å²) in [6.07, 6.45) is 3.48. The maximum atomic E-state index is 13.5. The van der Waals surface area contributed by atoms with Gasteiger partial charge in [0.2, 0.25) is 0 Å². The van der Waals surface area contributed by atoms with Gasteiger partial charge in [-0.3, -0.25) is 19.8 Å². The van der Waals surface area contributed by atoms with E-state index in [-0.39, 0.29) is 17.3 Å². The number of nitro groups is 1. The predicted octanol–water partition coefficient (Wildman–Crippen LogP) is 6.04. The zero-order valence-corrected chi connectivity index (χ0v) is 18.2. The highest BCUT2D eigenvalue weighted by atomic mass is 35.5. The maximum absolute atomic E-state index is 13.5. The van der Waals surface area contributed by atoms with Crippen molar-refractivity contribution < 1.29 is 14.5 Å². The number of benzene rings is 3. The van der Waals surface area contributed by atoms with E-state index < -0.39 is 4.92 Å². The molecule has 0 atom stereocenters. The summed E-state index contributed by atoms with van der Waals surface area (Å²) in [7, 11) is 1.58. The average molecular weight is 447 g/mol. The summed E-state index contributed by atoms with van der Waals surface area (Å²) in [5, 5.41) is 12.3. The van der Waals surface area contributed by atoms with Gasteiger partial charge in [-0.1, -0.05) is 41.9 Å². The van der Waals surface area contributed by atoms with E-state index in [1.807, 2.05) is 12.1 Å². The van der Waals surface area contributed by atoms with E-state index in [0.717, 1.165) is 16.7 Å². The van der Waals surface area contributed by atoms with Gasteiger partial charge in [0.05, 0.1) is 17.7 Å². The van der Waals surface area contributed by atoms with Gasteiger partial charge in [0.25, 0.3) is 11.6 Å². The molecule has 160 valence electrons. The fourth-order valence-electron chi connectivity index (χ4n) is 3.54. The lowest BCUT2D eigenvalue weighted by molar-refractivity contribution is -0.384. The van der Waals surface area contributed by atoms with Crippen LogP contribution in [0.15, 0.2) is 78.4 Å². The number of aryl methyl sites for hydroxylation is 1. The fourth-order valence-corrected chi connectivity index (χ4v) is 3.66. The predicted molar refractivity (Wildman–Crippen MR) is 126 cm³/mol. The molecule has 1 aliphatic rings. The Labute approximate surface area is 190 Å². The van der Waals surface area contributed by atoms with Crippen molar-refractivity contribution in [1.29, 1.82) is 0 Å². The van der Waals surface area contributed by atoms with Crippen molar-refractivity contribution in [3.05, 3.63) is 110 Å². The Balaban J connectivity index is 1.86. The first-order valence-electron chi connectivity index (χ1n) is 9.80. The maximum Gasteiger partial charge on any atom is 0.293 e. The number of carbonyl (C=O) groups excluding carboxylic acids is 1. The molecule has 32 heavy (non-hydrogen) atoms. The van der Waals surface area contributed by atoms with E-state index in [9.17, 15) is 14.9 Å². The summed E-state index contributed by atoms with van der Waals surface area (Å²) in [6.45, 7) is 1.77. The topological polar surface area (TPSA) is 72.7 Å². The van der Waals surface area contributed by atoms with Crippen molar-refractivity contribution in [3.8, 4) is 5.75 Å². The Morgan fingerprint density at radius 3 is 2.34 bits per heavy atom. The van der Waals surface area contributed by atoms with Gasteiger partial charge >= 0.3 is 0 Å². The summed E-state index contributed by atoms with van der Waals surface area (Å²) in [4.78, 5) is 26.2. The smallest absolute Gasteiger partial charge is 0.293 e. The first-order chi connectivity index (χ1) is 15.4. The summed E-state index contributed by atoms with van der Waals surface area (Å²) in [5.41, 5.74) is 3.29. The zero-order valence-electron chi connectivity index (χ0n) is 17.4. The second-order valence-electron chi connectivity index (χ2n) is 7.30. The summed E-state index contributed by atoms with van der Waals surface area (Å²) in [5.74, 6) is 0.358. The standard InChI is InChI=1S/C25H19ClN2O4/c1-16-3-12-22(24(13-16)28(30)31)27-23(18-6-8-20(26)9-7-18)15-19(25(27)29)14-17-4-10-21(32-2)11-5-17/h3-15H,1-2H3/b19-14-. The van der Waals surface area contributed by atoms with Crippen LogP contribution in [-0.2, 0) is 4.79 Å². The molecule has 6 nitrogen and oxygen atoms in total. The van der Waals surface area contributed by atoms with Crippen LogP contribution >= 0.6 is 11.6 Å². The number of anilines is 1. The van der Waals surface area contributed by atoms with Gasteiger partial charge in [-0.05, 0) is 66.1 Å². The summed E-state index contributed by atoms with van der Waals surface area (Å²) < 4.78 is 5.18. The fraction of sp³-hybridized carbons (Fsp3) is 0.0800. The molecule has 3 aromatic rings. The number of halogens is 1. The number of hydrogen-bond acceptors (Lipinski definition) is 4. The van der Waals surface area contributed by atoms with Crippen molar-refractivity contribution in [2.75, 3.05) is 12.0 Å². The molecule has 1 amide bonds. The monoisotopic (exact) mass is 446 g/mol. The average Bonchev–Trinajstić information content (AvgIpc) is 3.10. The van der Waals surface area contributed by atoms with Gasteiger partial charge in [0, 0.05) is 16.7 Å². The third kappa shape index (κ3) is 4.13. The van der Waals surface area contributed by atoms with Crippen molar-refractivity contribution >= 4 is 40.7 Å². The number of ether oxygens (including phenoxy) is 1. The molecule has 0 bridgehead atoms. The van der Waals surface area contributed by atoms with Crippen LogP contribution < -0.4 is 9.64 Å². The lowest BCUT2D eigenvalue weighted by Crippen LogP contribution is -2.25. The highest BCUT2D eigenvalue weighted by Crippen LogP contribution is 2.40. The molecule has 7 heteroatoms. The second kappa shape index (κ2) is 8.69. The Kier molecular flexibility index (Phi) is 5.79. The number of nitrogens with zero attached hydrogens (tertiary/aromatic N) is 2. The highest BCUT2D eigenvalue weighted by Gasteiger charge is 2.34. The third-order valence-corrected chi connectivity index (χ3v) is 5.38. The summed E-state index contributed by atoms with van der Waals surface area (Å²) >= 11 is 6.03. The summed E-state index contributed by atoms with van der Waals surface area (Å²) in [6, 6.07) is 19.1. The van der Waals surface area contributed by atoms with Crippen LogP contribution in [0.4, 0.5) is 11.4 Å². The largest absolute Gasteiger partial charge is 0.497 e. The molecule has 0 fully saturated rings. The minimum atomic E-state index is -0.472. The third-order valence-electron chi connectivity index (χ3n) is 5.13. The van der Waals surface area contributed by atoms with Gasteiger partial charge in [-0.25, -0.2) is 0 Å². The Bertz CT molecular complexity index is 1260. The molecular formula is C25H19ClN2O4. The first kappa shape index (κ1) is 21.3. The van der Waals surface area contributed by atoms with Crippen molar-refractivity contribution in [2.45, 2.75) is 6.92 Å². The van der Waals surface area contributed by atoms with E-state index in [1.165, 1.54) is 11.0 Å². The quantitative estimate of drug-likeness (QED) is 0.272. The Hall–Kier alpha value is -3.90. The molecule has 0 N–H and O–H groups in total. The van der Waals surface area contributed by atoms with E-state index >= 15 is 0 Å². The molecule has 0 saturated carbocycles. The SMILES string of the molecule is COc1ccc(/C=C2/C=C(c3ccc(Cl)cc3)N(c3ccc(C)cc3[N+](=O)[O-])C2=O)cc1. The molecule has 0 spiro atoms. The zero-order chi connectivity index (χ0) is 22.8. The number of amides is 1. The first-order valence-corrected chi connectivity index (χ1v) is 10.2. The second-order valence-corrected chi connectivity index (χ2v) is 7.74. The molecule has 0 unspecified atom stereocenters. The van der Waals surface area contributed by atoms with Crippen molar-refractivity contribution in [1.82, 2.24) is 0 Å². The van der Waals surface area contributed by atoms with Gasteiger partial charge < -0.3 is 4.74 Å². The van der Waals surface area contributed by atoms with E-state index in [0.29, 0.717) is 22.0 Å². The minimum absolute atomic E-state index is 0.135. The molecule has 0 saturated heterocycles. The van der Waals surface area contributed by atoms with Gasteiger partial charge in [0.15, 0.2) is 0 Å². The van der Waals surface area contributed by atoms with Crippen LogP contribution in [0.3, 0.4) is 0 Å². The lowest BCUT2D eigenvalue weighted by atomic mass is 10.1. The molecule has 3 aromatic carbocycles. The Morgan fingerprint density at radius 1 is 1.03 bits per heavy atom. The molecule has 1 aliphatic heterocycles. The van der Waals surface area contributed by atoms with Crippen LogP contribution in [0.1, 0.15) is 16.7 Å². The number of carbonyl (C=O) groups is 1. The number of methoxy groups -OCH3 is 1. The van der Waals surface area contributed by atoms with Crippen LogP contribution in [-0.4, -0.2) is 17.9 Å². The minimum Gasteiger partial charge on any atom is -0.497 e. The van der Waals surface area contributed by atoms with Crippen molar-refractivity contribution in [2.24, 2.45) is 0 Å². The van der Waals surface area contributed by atoms with Gasteiger partial charge in [0.1, 0.15) is 11.4 Å². The van der Waals surface area contributed by atoms with Crippen LogP contribution in [0.25, 0.3) is 11.8 Å². The molecule has 0 aromatic heterocycles. The Morgan fingerprint density at radius 2 is 1.72 bits per heavy atom. The van der Waals surface area contributed by atoms with E-state index in [2.05, 4.69) is 0 Å². The van der Waals surface area contributed by atoms with Crippen LogP contribution in [0.5, 0.6) is 5.75 Å². The molecule has 0 aliphatic carbocycles. The molecule has 0 radical (unpaired) electrons. The van der Waals surface area contributed by atoms with E-state index in [1.54, 1.807) is 74.7 Å². The lowest BCUT2D eigenvalue weighted by Gasteiger charge is -2.21. The molecular weight excluding hydrogens is 428 g/mol. The van der Waals surface area contributed by atoms with E-state index in [4.69, 9.17) is 16.3 Å². The van der Waals surface area contributed by atoms with Gasteiger partial charge in [-0.15, -0.1) is 0 Å². The molecule has 4 rings (SSSR count).